The zero-order valence-electron chi connectivity index (χ0n) is 9.91. The Morgan fingerprint density at radius 2 is 2.00 bits per heavy atom. The van der Waals surface area contributed by atoms with Gasteiger partial charge in [-0.3, -0.25) is 9.59 Å². The molecule has 2 saturated carbocycles. The van der Waals surface area contributed by atoms with Crippen molar-refractivity contribution in [3.05, 3.63) is 0 Å². The van der Waals surface area contributed by atoms with Crippen molar-refractivity contribution in [3.8, 4) is 0 Å². The smallest absolute Gasteiger partial charge is 0.313 e. The van der Waals surface area contributed by atoms with Crippen molar-refractivity contribution >= 4 is 23.6 Å². The predicted octanol–water partition coefficient (Wildman–Crippen LogP) is 1.50. The van der Waals surface area contributed by atoms with Gasteiger partial charge in [0.1, 0.15) is 0 Å². The second-order valence-electron chi connectivity index (χ2n) is 5.15. The molecule has 1 amide bonds. The van der Waals surface area contributed by atoms with Crippen LogP contribution in [0.15, 0.2) is 0 Å². The molecule has 2 N–H and O–H groups in total. The monoisotopic (exact) mass is 257 g/mol. The number of amides is 1. The Labute approximate surface area is 106 Å². The van der Waals surface area contributed by atoms with Crippen LogP contribution in [0.25, 0.3) is 0 Å². The highest BCUT2D eigenvalue weighted by Crippen LogP contribution is 2.56. The van der Waals surface area contributed by atoms with Crippen LogP contribution in [-0.4, -0.2) is 35.0 Å². The van der Waals surface area contributed by atoms with Gasteiger partial charge in [-0.25, -0.2) is 0 Å². The molecule has 0 aromatic carbocycles. The highest BCUT2D eigenvalue weighted by molar-refractivity contribution is 8.00. The van der Waals surface area contributed by atoms with Gasteiger partial charge in [-0.1, -0.05) is 6.42 Å². The van der Waals surface area contributed by atoms with Crippen LogP contribution in [0.3, 0.4) is 0 Å². The van der Waals surface area contributed by atoms with Crippen LogP contribution in [0.4, 0.5) is 0 Å². The molecule has 2 fully saturated rings. The molecule has 17 heavy (non-hydrogen) atoms. The first-order chi connectivity index (χ1) is 8.12. The van der Waals surface area contributed by atoms with Gasteiger partial charge in [-0.05, 0) is 37.0 Å². The number of aliphatic carboxylic acids is 1. The summed E-state index contributed by atoms with van der Waals surface area (Å²) in [6.07, 6.45) is 6.44. The number of carboxylic acid groups (broad SMARTS) is 1. The Morgan fingerprint density at radius 1 is 1.29 bits per heavy atom. The molecule has 0 bridgehead atoms. The maximum atomic E-state index is 11.5. The number of carbonyl (C=O) groups excluding carboxylic acids is 1. The second kappa shape index (κ2) is 5.29. The lowest BCUT2D eigenvalue weighted by molar-refractivity contribution is -0.133. The van der Waals surface area contributed by atoms with E-state index in [1.54, 1.807) is 0 Å². The topological polar surface area (TPSA) is 66.4 Å². The maximum absolute atomic E-state index is 11.5. The summed E-state index contributed by atoms with van der Waals surface area (Å²) in [5.74, 6) is 0.205. The number of nitrogens with one attached hydrogen (secondary N) is 1. The van der Waals surface area contributed by atoms with E-state index < -0.39 is 5.97 Å². The molecule has 96 valence electrons. The molecule has 0 unspecified atom stereocenters. The van der Waals surface area contributed by atoms with Gasteiger partial charge in [0.05, 0.1) is 11.5 Å². The molecule has 0 radical (unpaired) electrons. The summed E-state index contributed by atoms with van der Waals surface area (Å²) in [7, 11) is 0. The zero-order valence-corrected chi connectivity index (χ0v) is 10.7. The van der Waals surface area contributed by atoms with Crippen LogP contribution < -0.4 is 5.32 Å². The predicted molar refractivity (Wildman–Crippen MR) is 67.0 cm³/mol. The molecule has 5 heteroatoms. The lowest BCUT2D eigenvalue weighted by Crippen LogP contribution is -2.44. The Hall–Kier alpha value is -0.710. The highest BCUT2D eigenvalue weighted by atomic mass is 32.2. The number of hydrogen-bond donors (Lipinski definition) is 2. The largest absolute Gasteiger partial charge is 0.481 e. The van der Waals surface area contributed by atoms with Crippen molar-refractivity contribution < 1.29 is 14.7 Å². The first-order valence-electron chi connectivity index (χ1n) is 6.19. The average molecular weight is 257 g/mol. The quantitative estimate of drug-likeness (QED) is 0.725. The minimum Gasteiger partial charge on any atom is -0.481 e. The number of carboxylic acids is 1. The van der Waals surface area contributed by atoms with Crippen LogP contribution in [0, 0.1) is 11.3 Å². The van der Waals surface area contributed by atoms with E-state index in [4.69, 9.17) is 5.11 Å². The van der Waals surface area contributed by atoms with Gasteiger partial charge in [0.2, 0.25) is 5.91 Å². The van der Waals surface area contributed by atoms with E-state index in [1.165, 1.54) is 32.1 Å². The van der Waals surface area contributed by atoms with E-state index in [1.807, 2.05) is 0 Å². The second-order valence-corrected chi connectivity index (χ2v) is 6.14. The lowest BCUT2D eigenvalue weighted by atomic mass is 9.65. The minimum atomic E-state index is -0.865. The first-order valence-corrected chi connectivity index (χ1v) is 7.34. The van der Waals surface area contributed by atoms with Crippen molar-refractivity contribution in [1.82, 2.24) is 5.32 Å². The van der Waals surface area contributed by atoms with E-state index in [9.17, 15) is 9.59 Å². The van der Waals surface area contributed by atoms with Gasteiger partial charge in [0.15, 0.2) is 0 Å². The molecule has 0 aliphatic heterocycles. The summed E-state index contributed by atoms with van der Waals surface area (Å²) in [4.78, 5) is 21.8. The third kappa shape index (κ3) is 3.37. The van der Waals surface area contributed by atoms with Gasteiger partial charge >= 0.3 is 5.97 Å². The fraction of sp³-hybridized carbons (Fsp3) is 0.833. The van der Waals surface area contributed by atoms with E-state index >= 15 is 0 Å². The summed E-state index contributed by atoms with van der Waals surface area (Å²) >= 11 is 1.16. The third-order valence-electron chi connectivity index (χ3n) is 3.89. The molecule has 0 saturated heterocycles. The molecule has 0 spiro atoms. The van der Waals surface area contributed by atoms with Crippen LogP contribution in [0.1, 0.15) is 32.1 Å². The summed E-state index contributed by atoms with van der Waals surface area (Å²) in [6, 6.07) is 0. The Morgan fingerprint density at radius 3 is 2.47 bits per heavy atom. The fourth-order valence-corrected chi connectivity index (χ4v) is 3.18. The summed E-state index contributed by atoms with van der Waals surface area (Å²) in [5, 5.41) is 11.4. The number of hydrogen-bond acceptors (Lipinski definition) is 3. The fourth-order valence-electron chi connectivity index (χ4n) is 2.61. The third-order valence-corrected chi connectivity index (χ3v) is 4.81. The van der Waals surface area contributed by atoms with Gasteiger partial charge in [0, 0.05) is 6.54 Å². The summed E-state index contributed by atoms with van der Waals surface area (Å²) < 4.78 is 0. The molecule has 4 nitrogen and oxygen atoms in total. The molecule has 0 atom stereocenters. The van der Waals surface area contributed by atoms with Crippen molar-refractivity contribution in [2.45, 2.75) is 32.1 Å². The lowest BCUT2D eigenvalue weighted by Gasteiger charge is -2.42. The van der Waals surface area contributed by atoms with Crippen LogP contribution in [0.2, 0.25) is 0 Å². The molecule has 0 aromatic heterocycles. The molecule has 2 aliphatic rings. The summed E-state index contributed by atoms with van der Waals surface area (Å²) in [6.45, 7) is 0.796. The van der Waals surface area contributed by atoms with Crippen molar-refractivity contribution in [3.63, 3.8) is 0 Å². The van der Waals surface area contributed by atoms with Gasteiger partial charge < -0.3 is 10.4 Å². The van der Waals surface area contributed by atoms with Gasteiger partial charge in [-0.2, -0.15) is 0 Å². The van der Waals surface area contributed by atoms with E-state index in [-0.39, 0.29) is 17.4 Å². The van der Waals surface area contributed by atoms with Crippen molar-refractivity contribution in [2.24, 2.45) is 11.3 Å². The van der Waals surface area contributed by atoms with Gasteiger partial charge in [-0.15, -0.1) is 11.8 Å². The van der Waals surface area contributed by atoms with Crippen LogP contribution >= 0.6 is 11.8 Å². The Kier molecular flexibility index (Phi) is 3.97. The SMILES string of the molecule is O=C(O)CSCC(=O)NCC1(C2CC2)CCC1. The minimum absolute atomic E-state index is 0.00118. The van der Waals surface area contributed by atoms with Crippen LogP contribution in [0.5, 0.6) is 0 Å². The van der Waals surface area contributed by atoms with Crippen molar-refractivity contribution in [1.29, 1.82) is 0 Å². The van der Waals surface area contributed by atoms with E-state index in [0.717, 1.165) is 24.2 Å². The van der Waals surface area contributed by atoms with Crippen LogP contribution in [-0.2, 0) is 9.59 Å². The number of rotatable bonds is 7. The number of carbonyl (C=O) groups is 2. The molecule has 2 aliphatic carbocycles. The standard InChI is InChI=1S/C12H19NO3S/c14-10(6-17-7-11(15)16)13-8-12(4-1-5-12)9-2-3-9/h9H,1-8H2,(H,13,14)(H,15,16). The first kappa shape index (κ1) is 12.7. The molecule has 2 rings (SSSR count). The highest BCUT2D eigenvalue weighted by Gasteiger charge is 2.48. The summed E-state index contributed by atoms with van der Waals surface area (Å²) in [5.41, 5.74) is 0.396. The van der Waals surface area contributed by atoms with E-state index in [0.29, 0.717) is 5.41 Å². The molecule has 0 heterocycles. The Balaban J connectivity index is 1.63. The molecular weight excluding hydrogens is 238 g/mol. The van der Waals surface area contributed by atoms with Crippen molar-refractivity contribution in [2.75, 3.05) is 18.1 Å². The average Bonchev–Trinajstić information content (AvgIpc) is 2.99. The van der Waals surface area contributed by atoms with E-state index in [2.05, 4.69) is 5.32 Å². The molecule has 0 aromatic rings. The normalized spacial score (nSPS) is 21.6. The number of thioether (sulfide) groups is 1. The maximum Gasteiger partial charge on any atom is 0.313 e. The zero-order chi connectivity index (χ0) is 12.3. The molecular formula is C12H19NO3S. The Bertz CT molecular complexity index is 311. The van der Waals surface area contributed by atoms with Gasteiger partial charge in [0.25, 0.3) is 0 Å².